The second kappa shape index (κ2) is 5.56. The Balaban J connectivity index is 1.78. The van der Waals surface area contributed by atoms with Gasteiger partial charge in [-0.15, -0.1) is 0 Å². The Bertz CT molecular complexity index is 975. The minimum atomic E-state index is -0.137. The van der Waals surface area contributed by atoms with Crippen molar-refractivity contribution in [3.63, 3.8) is 0 Å². The van der Waals surface area contributed by atoms with Crippen LogP contribution in [0.2, 0.25) is 5.02 Å². The number of nitrogens with one attached hydrogen (secondary N) is 1. The molecular formula is C19H17ClN2O2. The molecule has 3 aromatic rings. The van der Waals surface area contributed by atoms with E-state index in [1.807, 2.05) is 42.7 Å². The van der Waals surface area contributed by atoms with E-state index in [0.717, 1.165) is 27.9 Å². The fourth-order valence-corrected chi connectivity index (χ4v) is 3.45. The van der Waals surface area contributed by atoms with Gasteiger partial charge in [0, 0.05) is 11.1 Å². The lowest BCUT2D eigenvalue weighted by Gasteiger charge is -2.19. The highest BCUT2D eigenvalue weighted by Gasteiger charge is 2.23. The molecule has 122 valence electrons. The predicted molar refractivity (Wildman–Crippen MR) is 96.3 cm³/mol. The largest absolute Gasteiger partial charge is 0.490 e. The van der Waals surface area contributed by atoms with Crippen LogP contribution in [-0.2, 0) is 6.54 Å². The van der Waals surface area contributed by atoms with Crippen LogP contribution in [0.1, 0.15) is 21.6 Å². The summed E-state index contributed by atoms with van der Waals surface area (Å²) in [5, 5.41) is 4.48. The van der Waals surface area contributed by atoms with Crippen LogP contribution in [0, 0.1) is 13.8 Å². The summed E-state index contributed by atoms with van der Waals surface area (Å²) in [4.78, 5) is 12.8. The van der Waals surface area contributed by atoms with Gasteiger partial charge >= 0.3 is 0 Å². The third-order valence-electron chi connectivity index (χ3n) is 4.40. The van der Waals surface area contributed by atoms with Crippen molar-refractivity contribution in [3.05, 3.63) is 58.2 Å². The molecule has 2 heterocycles. The Morgan fingerprint density at radius 3 is 2.83 bits per heavy atom. The van der Waals surface area contributed by atoms with Crippen LogP contribution in [-0.4, -0.2) is 17.1 Å². The summed E-state index contributed by atoms with van der Waals surface area (Å²) in [6.07, 6.45) is 0. The molecule has 0 bridgehead atoms. The van der Waals surface area contributed by atoms with Gasteiger partial charge in [-0.2, -0.15) is 0 Å². The normalized spacial score (nSPS) is 13.0. The highest BCUT2D eigenvalue weighted by molar-refractivity contribution is 6.36. The zero-order valence-corrected chi connectivity index (χ0v) is 14.3. The minimum absolute atomic E-state index is 0.137. The standard InChI is InChI=1S/C19H17ClN2O2/c1-11-3-5-15(12(2)9-11)21-19(23)16-10-13-14(20)4-6-17-18(13)22(16)7-8-24-17/h3-6,9-10H,7-8H2,1-2H3,(H,21,23). The number of benzene rings is 2. The number of amides is 1. The fraction of sp³-hybridized carbons (Fsp3) is 0.211. The summed E-state index contributed by atoms with van der Waals surface area (Å²) in [5.41, 5.74) is 4.52. The van der Waals surface area contributed by atoms with Crippen molar-refractivity contribution in [2.24, 2.45) is 0 Å². The van der Waals surface area contributed by atoms with E-state index in [2.05, 4.69) is 11.4 Å². The molecule has 4 nitrogen and oxygen atoms in total. The maximum absolute atomic E-state index is 12.8. The van der Waals surface area contributed by atoms with E-state index >= 15 is 0 Å². The number of carbonyl (C=O) groups is 1. The average Bonchev–Trinajstić information content (AvgIpc) is 2.95. The zero-order chi connectivity index (χ0) is 16.8. The molecular weight excluding hydrogens is 324 g/mol. The number of nitrogens with zero attached hydrogens (tertiary/aromatic N) is 1. The topological polar surface area (TPSA) is 43.3 Å². The molecule has 0 unspecified atom stereocenters. The van der Waals surface area contributed by atoms with Crippen LogP contribution >= 0.6 is 11.6 Å². The second-order valence-electron chi connectivity index (χ2n) is 6.11. The molecule has 5 heteroatoms. The van der Waals surface area contributed by atoms with Crippen molar-refractivity contribution < 1.29 is 9.53 Å². The summed E-state index contributed by atoms with van der Waals surface area (Å²) < 4.78 is 7.67. The molecule has 0 atom stereocenters. The number of aryl methyl sites for hydroxylation is 2. The summed E-state index contributed by atoms with van der Waals surface area (Å²) >= 11 is 6.30. The first-order valence-corrected chi connectivity index (χ1v) is 8.25. The van der Waals surface area contributed by atoms with E-state index in [1.54, 1.807) is 6.07 Å². The smallest absolute Gasteiger partial charge is 0.272 e. The first-order chi connectivity index (χ1) is 11.5. The summed E-state index contributed by atoms with van der Waals surface area (Å²) in [5.74, 6) is 0.633. The van der Waals surface area contributed by atoms with Gasteiger partial charge in [-0.3, -0.25) is 4.79 Å². The Morgan fingerprint density at radius 1 is 1.21 bits per heavy atom. The van der Waals surface area contributed by atoms with Gasteiger partial charge < -0.3 is 14.6 Å². The first kappa shape index (κ1) is 15.1. The van der Waals surface area contributed by atoms with Crippen molar-refractivity contribution in [2.45, 2.75) is 20.4 Å². The van der Waals surface area contributed by atoms with Gasteiger partial charge in [-0.25, -0.2) is 0 Å². The molecule has 0 saturated heterocycles. The molecule has 1 N–H and O–H groups in total. The van der Waals surface area contributed by atoms with Crippen LogP contribution < -0.4 is 10.1 Å². The van der Waals surface area contributed by atoms with E-state index in [9.17, 15) is 4.79 Å². The number of hydrogen-bond acceptors (Lipinski definition) is 2. The number of aromatic nitrogens is 1. The molecule has 4 rings (SSSR count). The molecule has 24 heavy (non-hydrogen) atoms. The molecule has 1 aliphatic rings. The maximum atomic E-state index is 12.8. The van der Waals surface area contributed by atoms with E-state index in [1.165, 1.54) is 5.56 Å². The molecule has 1 amide bonds. The monoisotopic (exact) mass is 340 g/mol. The first-order valence-electron chi connectivity index (χ1n) is 7.88. The third-order valence-corrected chi connectivity index (χ3v) is 4.73. The Hall–Kier alpha value is -2.46. The van der Waals surface area contributed by atoms with Crippen molar-refractivity contribution in [1.29, 1.82) is 0 Å². The number of anilines is 1. The van der Waals surface area contributed by atoms with Gasteiger partial charge in [0.05, 0.1) is 17.1 Å². The molecule has 1 aromatic heterocycles. The minimum Gasteiger partial charge on any atom is -0.490 e. The molecule has 0 saturated carbocycles. The third kappa shape index (κ3) is 2.34. The van der Waals surface area contributed by atoms with Gasteiger partial charge in [-0.05, 0) is 43.7 Å². The quantitative estimate of drug-likeness (QED) is 0.743. The lowest BCUT2D eigenvalue weighted by Crippen LogP contribution is -2.21. The number of carbonyl (C=O) groups excluding carboxylic acids is 1. The van der Waals surface area contributed by atoms with Crippen LogP contribution in [0.5, 0.6) is 5.75 Å². The van der Waals surface area contributed by atoms with E-state index < -0.39 is 0 Å². The highest BCUT2D eigenvalue weighted by Crippen LogP contribution is 2.36. The van der Waals surface area contributed by atoms with E-state index in [4.69, 9.17) is 16.3 Å². The lowest BCUT2D eigenvalue weighted by atomic mass is 10.1. The van der Waals surface area contributed by atoms with Crippen LogP contribution in [0.15, 0.2) is 36.4 Å². The van der Waals surface area contributed by atoms with Gasteiger partial charge in [0.1, 0.15) is 18.1 Å². The van der Waals surface area contributed by atoms with Gasteiger partial charge in [0.2, 0.25) is 0 Å². The summed E-state index contributed by atoms with van der Waals surface area (Å²) in [6.45, 7) is 5.20. The fourth-order valence-electron chi connectivity index (χ4n) is 3.24. The summed E-state index contributed by atoms with van der Waals surface area (Å²) in [7, 11) is 0. The van der Waals surface area contributed by atoms with Gasteiger partial charge in [0.25, 0.3) is 5.91 Å². The molecule has 1 aliphatic heterocycles. The van der Waals surface area contributed by atoms with Crippen molar-refractivity contribution in [2.75, 3.05) is 11.9 Å². The van der Waals surface area contributed by atoms with Gasteiger partial charge in [0.15, 0.2) is 0 Å². The van der Waals surface area contributed by atoms with E-state index in [-0.39, 0.29) is 5.91 Å². The zero-order valence-electron chi connectivity index (χ0n) is 13.5. The maximum Gasteiger partial charge on any atom is 0.272 e. The molecule has 2 aromatic carbocycles. The number of hydrogen-bond donors (Lipinski definition) is 1. The molecule has 0 aliphatic carbocycles. The van der Waals surface area contributed by atoms with E-state index in [0.29, 0.717) is 23.9 Å². The lowest BCUT2D eigenvalue weighted by molar-refractivity contribution is 0.101. The SMILES string of the molecule is Cc1ccc(NC(=O)c2cc3c(Cl)ccc4c3n2CCO4)c(C)c1. The van der Waals surface area contributed by atoms with Crippen LogP contribution in [0.3, 0.4) is 0 Å². The Kier molecular flexibility index (Phi) is 3.50. The predicted octanol–water partition coefficient (Wildman–Crippen LogP) is 4.56. The molecule has 0 spiro atoms. The molecule has 0 fully saturated rings. The number of halogens is 1. The van der Waals surface area contributed by atoms with Crippen molar-refractivity contribution in [3.8, 4) is 5.75 Å². The van der Waals surface area contributed by atoms with Crippen LogP contribution in [0.25, 0.3) is 10.9 Å². The average molecular weight is 341 g/mol. The number of ether oxygens (including phenoxy) is 1. The Morgan fingerprint density at radius 2 is 2.04 bits per heavy atom. The summed E-state index contributed by atoms with van der Waals surface area (Å²) in [6, 6.07) is 11.5. The van der Waals surface area contributed by atoms with Crippen molar-refractivity contribution in [1.82, 2.24) is 4.57 Å². The van der Waals surface area contributed by atoms with Crippen molar-refractivity contribution >= 4 is 34.1 Å². The second-order valence-corrected chi connectivity index (χ2v) is 6.52. The van der Waals surface area contributed by atoms with Crippen LogP contribution in [0.4, 0.5) is 5.69 Å². The Labute approximate surface area is 145 Å². The van der Waals surface area contributed by atoms with Gasteiger partial charge in [-0.1, -0.05) is 29.3 Å². The molecule has 0 radical (unpaired) electrons. The number of rotatable bonds is 2. The highest BCUT2D eigenvalue weighted by atomic mass is 35.5.